The number of carbonyl (C=O) groups excluding carboxylic acids is 1. The van der Waals surface area contributed by atoms with Crippen LogP contribution in [-0.4, -0.2) is 82.7 Å². The quantitative estimate of drug-likeness (QED) is 0.541. The maximum Gasteiger partial charge on any atom is 0.319 e. The van der Waals surface area contributed by atoms with Crippen molar-refractivity contribution >= 4 is 28.6 Å². The van der Waals surface area contributed by atoms with Crippen LogP contribution in [0.25, 0.3) is 22.4 Å². The Morgan fingerprint density at radius 3 is 2.51 bits per heavy atom. The third-order valence-corrected chi connectivity index (χ3v) is 6.89. The highest BCUT2D eigenvalue weighted by atomic mass is 16.5. The summed E-state index contributed by atoms with van der Waals surface area (Å²) in [7, 11) is 4.11. The molecule has 2 saturated heterocycles. The number of hydrogen-bond donors (Lipinski definition) is 2. The Hall–Kier alpha value is -3.24. The van der Waals surface area contributed by atoms with Gasteiger partial charge in [-0.15, -0.1) is 0 Å². The zero-order valence-corrected chi connectivity index (χ0v) is 20.3. The second-order valence-electron chi connectivity index (χ2n) is 10.1. The lowest BCUT2D eigenvalue weighted by atomic mass is 10.2. The number of morpholine rings is 1. The molecular formula is C25H32N8O2. The molecule has 0 radical (unpaired) electrons. The molecule has 3 aromatic rings. The summed E-state index contributed by atoms with van der Waals surface area (Å²) in [6.45, 7) is 3.30. The molecule has 1 saturated carbocycles. The van der Waals surface area contributed by atoms with E-state index in [0.29, 0.717) is 11.9 Å². The van der Waals surface area contributed by atoms with Gasteiger partial charge in [0.1, 0.15) is 5.82 Å². The van der Waals surface area contributed by atoms with Crippen molar-refractivity contribution in [2.24, 2.45) is 0 Å². The number of anilines is 2. The summed E-state index contributed by atoms with van der Waals surface area (Å²) < 4.78 is 8.04. The predicted molar refractivity (Wildman–Crippen MR) is 135 cm³/mol. The van der Waals surface area contributed by atoms with Gasteiger partial charge in [0.15, 0.2) is 11.5 Å². The summed E-state index contributed by atoms with van der Waals surface area (Å²) in [5.74, 6) is 1.58. The van der Waals surface area contributed by atoms with Gasteiger partial charge in [-0.2, -0.15) is 5.10 Å². The minimum atomic E-state index is -0.160. The fourth-order valence-electron chi connectivity index (χ4n) is 4.84. The number of nitrogens with zero attached hydrogens (tertiary/aromatic N) is 6. The Morgan fingerprint density at radius 1 is 1.09 bits per heavy atom. The van der Waals surface area contributed by atoms with E-state index in [-0.39, 0.29) is 18.2 Å². The summed E-state index contributed by atoms with van der Waals surface area (Å²) in [5.41, 5.74) is 2.49. The average molecular weight is 477 g/mol. The van der Waals surface area contributed by atoms with Gasteiger partial charge in [0, 0.05) is 36.9 Å². The molecule has 3 aliphatic rings. The highest BCUT2D eigenvalue weighted by Crippen LogP contribution is 2.33. The molecule has 10 heteroatoms. The summed E-state index contributed by atoms with van der Waals surface area (Å²) in [6, 6.07) is 7.87. The molecule has 2 N–H and O–H groups in total. The van der Waals surface area contributed by atoms with E-state index in [2.05, 4.69) is 39.6 Å². The number of ether oxygens (including phenoxy) is 1. The zero-order chi connectivity index (χ0) is 23.9. The van der Waals surface area contributed by atoms with Gasteiger partial charge < -0.3 is 25.2 Å². The largest absolute Gasteiger partial charge is 0.371 e. The Labute approximate surface area is 204 Å². The van der Waals surface area contributed by atoms with E-state index < -0.39 is 0 Å². The Morgan fingerprint density at radius 2 is 1.83 bits per heavy atom. The Kier molecular flexibility index (Phi) is 5.77. The van der Waals surface area contributed by atoms with Crippen molar-refractivity contribution in [1.29, 1.82) is 0 Å². The van der Waals surface area contributed by atoms with Gasteiger partial charge in [-0.05, 0) is 64.0 Å². The van der Waals surface area contributed by atoms with E-state index in [1.807, 2.05) is 35.1 Å². The Bertz CT molecular complexity index is 1210. The van der Waals surface area contributed by atoms with Crippen LogP contribution in [0.3, 0.4) is 0 Å². The third-order valence-electron chi connectivity index (χ3n) is 6.89. The van der Waals surface area contributed by atoms with Crippen LogP contribution in [0, 0.1) is 0 Å². The minimum absolute atomic E-state index is 0.160. The van der Waals surface area contributed by atoms with Gasteiger partial charge in [0.2, 0.25) is 0 Å². The van der Waals surface area contributed by atoms with Crippen LogP contribution in [0.2, 0.25) is 0 Å². The molecule has 4 heterocycles. The number of carbonyl (C=O) groups is 1. The lowest BCUT2D eigenvalue weighted by Crippen LogP contribution is -2.43. The molecule has 2 unspecified atom stereocenters. The molecule has 1 aromatic carbocycles. The summed E-state index contributed by atoms with van der Waals surface area (Å²) in [5, 5.41) is 11.5. The van der Waals surface area contributed by atoms with Crippen molar-refractivity contribution in [1.82, 2.24) is 30.0 Å². The monoisotopic (exact) mass is 476 g/mol. The number of urea groups is 1. The van der Waals surface area contributed by atoms with Crippen molar-refractivity contribution in [2.45, 2.75) is 50.5 Å². The molecule has 1 aliphatic carbocycles. The molecule has 10 nitrogen and oxygen atoms in total. The third kappa shape index (κ3) is 4.81. The van der Waals surface area contributed by atoms with Gasteiger partial charge in [-0.3, -0.25) is 0 Å². The van der Waals surface area contributed by atoms with E-state index >= 15 is 0 Å². The van der Waals surface area contributed by atoms with Crippen LogP contribution in [0.4, 0.5) is 16.3 Å². The molecule has 35 heavy (non-hydrogen) atoms. The van der Waals surface area contributed by atoms with E-state index in [9.17, 15) is 4.79 Å². The smallest absolute Gasteiger partial charge is 0.319 e. The molecule has 0 spiro atoms. The van der Waals surface area contributed by atoms with Crippen molar-refractivity contribution in [3.8, 4) is 11.4 Å². The van der Waals surface area contributed by atoms with Crippen LogP contribution in [-0.2, 0) is 11.3 Å². The van der Waals surface area contributed by atoms with Crippen LogP contribution < -0.4 is 15.5 Å². The SMILES string of the molecule is CN(C)CCn1ncc2c(N3CC4CCC(C3)O4)nc(-c3ccc(NC(=O)NC4CC4)cc3)nc21. The van der Waals surface area contributed by atoms with E-state index in [4.69, 9.17) is 14.7 Å². The van der Waals surface area contributed by atoms with Crippen molar-refractivity contribution in [3.05, 3.63) is 30.5 Å². The maximum atomic E-state index is 12.1. The van der Waals surface area contributed by atoms with E-state index in [1.54, 1.807) is 0 Å². The number of aromatic nitrogens is 4. The van der Waals surface area contributed by atoms with Crippen LogP contribution in [0.15, 0.2) is 30.5 Å². The number of hydrogen-bond acceptors (Lipinski definition) is 7. The molecule has 2 amide bonds. The van der Waals surface area contributed by atoms with Gasteiger partial charge in [0.25, 0.3) is 0 Å². The number of likely N-dealkylation sites (N-methyl/N-ethyl adjacent to an activating group) is 1. The molecule has 6 rings (SSSR count). The fraction of sp³-hybridized carbons (Fsp3) is 0.520. The maximum absolute atomic E-state index is 12.1. The fourth-order valence-corrected chi connectivity index (χ4v) is 4.84. The molecule has 184 valence electrons. The molecular weight excluding hydrogens is 444 g/mol. The van der Waals surface area contributed by atoms with Crippen molar-refractivity contribution in [2.75, 3.05) is 43.9 Å². The first kappa shape index (κ1) is 22.2. The van der Waals surface area contributed by atoms with Crippen molar-refractivity contribution in [3.63, 3.8) is 0 Å². The molecule has 3 fully saturated rings. The number of fused-ring (bicyclic) bond motifs is 3. The standard InChI is InChI=1S/C25H32N8O2/c1-31(2)11-12-33-24-21(13-26-33)23(32-14-19-9-10-20(15-32)35-19)29-22(30-24)16-3-5-17(6-4-16)27-25(34)28-18-7-8-18/h3-6,13,18-20H,7-12,14-15H2,1-2H3,(H2,27,28,34). The highest BCUT2D eigenvalue weighted by Gasteiger charge is 2.35. The number of benzene rings is 1. The van der Waals surface area contributed by atoms with Gasteiger partial charge in [-0.25, -0.2) is 19.4 Å². The molecule has 2 bridgehead atoms. The van der Waals surface area contributed by atoms with Crippen LogP contribution in [0.1, 0.15) is 25.7 Å². The average Bonchev–Trinajstić information content (AvgIpc) is 3.46. The molecule has 2 aliphatic heterocycles. The second kappa shape index (κ2) is 9.09. The molecule has 2 aromatic heterocycles. The van der Waals surface area contributed by atoms with Crippen molar-refractivity contribution < 1.29 is 9.53 Å². The summed E-state index contributed by atoms with van der Waals surface area (Å²) >= 11 is 0. The minimum Gasteiger partial charge on any atom is -0.371 e. The number of rotatable bonds is 7. The number of nitrogens with one attached hydrogen (secondary N) is 2. The van der Waals surface area contributed by atoms with Crippen LogP contribution >= 0.6 is 0 Å². The molecule has 2 atom stereocenters. The summed E-state index contributed by atoms with van der Waals surface area (Å²) in [4.78, 5) is 26.5. The van der Waals surface area contributed by atoms with E-state index in [0.717, 1.165) is 80.0 Å². The normalized spacial score (nSPS) is 21.6. The number of amides is 2. The van der Waals surface area contributed by atoms with Gasteiger partial charge in [-0.1, -0.05) is 0 Å². The first-order valence-electron chi connectivity index (χ1n) is 12.5. The topological polar surface area (TPSA) is 100 Å². The second-order valence-corrected chi connectivity index (χ2v) is 10.1. The summed E-state index contributed by atoms with van der Waals surface area (Å²) in [6.07, 6.45) is 6.75. The lowest BCUT2D eigenvalue weighted by molar-refractivity contribution is 0.0303. The highest BCUT2D eigenvalue weighted by molar-refractivity contribution is 5.91. The first-order chi connectivity index (χ1) is 17.0. The van der Waals surface area contributed by atoms with Crippen LogP contribution in [0.5, 0.6) is 0 Å². The first-order valence-corrected chi connectivity index (χ1v) is 12.5. The predicted octanol–water partition coefficient (Wildman–Crippen LogP) is 2.71. The lowest BCUT2D eigenvalue weighted by Gasteiger charge is -2.33. The zero-order valence-electron chi connectivity index (χ0n) is 20.3. The Balaban J connectivity index is 1.32. The van der Waals surface area contributed by atoms with Gasteiger partial charge >= 0.3 is 6.03 Å². The van der Waals surface area contributed by atoms with E-state index in [1.165, 1.54) is 0 Å². The van der Waals surface area contributed by atoms with Gasteiger partial charge in [0.05, 0.1) is 30.3 Å².